The summed E-state index contributed by atoms with van der Waals surface area (Å²) in [6.45, 7) is 2.88. The maximum absolute atomic E-state index is 11.1. The number of benzene rings is 1. The molecule has 0 N–H and O–H groups in total. The Hall–Kier alpha value is -2.17. The van der Waals surface area contributed by atoms with Crippen molar-refractivity contribution >= 4 is 6.29 Å². The molecule has 0 bridgehead atoms. The van der Waals surface area contributed by atoms with Crippen LogP contribution in [0.25, 0.3) is 11.3 Å². The van der Waals surface area contributed by atoms with Crippen LogP contribution in [0.2, 0.25) is 0 Å². The summed E-state index contributed by atoms with van der Waals surface area (Å²) < 4.78 is 6.92. The highest BCUT2D eigenvalue weighted by Gasteiger charge is 2.14. The average Bonchev–Trinajstić information content (AvgIpc) is 2.88. The van der Waals surface area contributed by atoms with E-state index in [1.165, 1.54) is 0 Å². The van der Waals surface area contributed by atoms with E-state index < -0.39 is 0 Å². The summed E-state index contributed by atoms with van der Waals surface area (Å²) in [5.74, 6) is 0.781. The Balaban J connectivity index is 2.39. The lowest BCUT2D eigenvalue weighted by molar-refractivity contribution is 0.111. The molecule has 0 aliphatic heterocycles. The number of aryl methyl sites for hydroxylation is 1. The van der Waals surface area contributed by atoms with Gasteiger partial charge < -0.3 is 4.74 Å². The molecule has 0 fully saturated rings. The van der Waals surface area contributed by atoms with Crippen LogP contribution >= 0.6 is 0 Å². The molecule has 19 heavy (non-hydrogen) atoms. The summed E-state index contributed by atoms with van der Waals surface area (Å²) in [4.78, 5) is 11.1. The van der Waals surface area contributed by atoms with E-state index in [-0.39, 0.29) is 0 Å². The minimum Gasteiger partial charge on any atom is -0.497 e. The normalized spacial score (nSPS) is 10.4. The molecule has 0 spiro atoms. The molecule has 1 aromatic heterocycles. The van der Waals surface area contributed by atoms with E-state index in [0.29, 0.717) is 5.69 Å². The number of methoxy groups -OCH3 is 1. The predicted molar refractivity (Wildman–Crippen MR) is 72.3 cm³/mol. The fourth-order valence-corrected chi connectivity index (χ4v) is 1.92. The number of carbonyl (C=O) groups is 1. The fourth-order valence-electron chi connectivity index (χ4n) is 1.92. The fraction of sp³-hybridized carbons (Fsp3) is 0.357. The van der Waals surface area contributed by atoms with E-state index >= 15 is 0 Å². The van der Waals surface area contributed by atoms with Crippen LogP contribution in [-0.4, -0.2) is 28.4 Å². The highest BCUT2D eigenvalue weighted by atomic mass is 16.5. The number of unbranched alkanes of at least 4 members (excludes halogenated alkanes) is 1. The molecule has 100 valence electrons. The Kier molecular flexibility index (Phi) is 4.28. The summed E-state index contributed by atoms with van der Waals surface area (Å²) in [6, 6.07) is 7.54. The van der Waals surface area contributed by atoms with E-state index in [4.69, 9.17) is 4.74 Å². The van der Waals surface area contributed by atoms with Gasteiger partial charge in [0.2, 0.25) is 0 Å². The van der Waals surface area contributed by atoms with Crippen molar-refractivity contribution in [1.82, 2.24) is 15.0 Å². The smallest absolute Gasteiger partial charge is 0.172 e. The Bertz CT molecular complexity index is 546. The third-order valence-electron chi connectivity index (χ3n) is 2.96. The number of rotatable bonds is 6. The molecule has 1 aromatic carbocycles. The second-order valence-electron chi connectivity index (χ2n) is 4.25. The van der Waals surface area contributed by atoms with E-state index in [1.807, 2.05) is 24.3 Å². The van der Waals surface area contributed by atoms with Crippen LogP contribution in [0.4, 0.5) is 0 Å². The van der Waals surface area contributed by atoms with Crippen molar-refractivity contribution in [3.63, 3.8) is 0 Å². The van der Waals surface area contributed by atoms with E-state index in [1.54, 1.807) is 11.8 Å². The third-order valence-corrected chi connectivity index (χ3v) is 2.96. The Morgan fingerprint density at radius 2 is 2.05 bits per heavy atom. The minimum absolute atomic E-state index is 0.376. The first kappa shape index (κ1) is 13.3. The molecule has 2 rings (SSSR count). The number of hydrogen-bond acceptors (Lipinski definition) is 4. The Labute approximate surface area is 112 Å². The molecule has 0 aliphatic rings. The van der Waals surface area contributed by atoms with Gasteiger partial charge in [-0.2, -0.15) is 0 Å². The number of nitrogens with zero attached hydrogens (tertiary/aromatic N) is 3. The van der Waals surface area contributed by atoms with Gasteiger partial charge in [-0.3, -0.25) is 4.79 Å². The van der Waals surface area contributed by atoms with Crippen molar-refractivity contribution < 1.29 is 9.53 Å². The van der Waals surface area contributed by atoms with Crippen LogP contribution in [0.1, 0.15) is 30.3 Å². The summed E-state index contributed by atoms with van der Waals surface area (Å²) in [5.41, 5.74) is 2.07. The van der Waals surface area contributed by atoms with Gasteiger partial charge in [0.15, 0.2) is 12.0 Å². The molecular formula is C14H17N3O2. The first-order chi connectivity index (χ1) is 9.30. The van der Waals surface area contributed by atoms with Gasteiger partial charge in [0, 0.05) is 12.1 Å². The number of aldehydes is 1. The van der Waals surface area contributed by atoms with Crippen LogP contribution in [0.3, 0.4) is 0 Å². The topological polar surface area (TPSA) is 57.0 Å². The van der Waals surface area contributed by atoms with Crippen LogP contribution in [0, 0.1) is 0 Å². The SMILES string of the molecule is CCCCn1nnc(C=O)c1-c1ccc(OC)cc1. The Morgan fingerprint density at radius 1 is 1.32 bits per heavy atom. The standard InChI is InChI=1S/C14H17N3O2/c1-3-4-9-17-14(13(10-18)15-16-17)11-5-7-12(19-2)8-6-11/h5-8,10H,3-4,9H2,1-2H3. The average molecular weight is 259 g/mol. The summed E-state index contributed by atoms with van der Waals surface area (Å²) >= 11 is 0. The lowest BCUT2D eigenvalue weighted by Gasteiger charge is -2.07. The molecule has 2 aromatic rings. The zero-order valence-corrected chi connectivity index (χ0v) is 11.2. The molecule has 1 heterocycles. The monoisotopic (exact) mass is 259 g/mol. The van der Waals surface area contributed by atoms with Gasteiger partial charge in [-0.1, -0.05) is 18.6 Å². The molecule has 0 unspecified atom stereocenters. The molecule has 0 aliphatic carbocycles. The first-order valence-corrected chi connectivity index (χ1v) is 6.33. The van der Waals surface area contributed by atoms with Crippen molar-refractivity contribution in [2.45, 2.75) is 26.3 Å². The second kappa shape index (κ2) is 6.13. The highest BCUT2D eigenvalue weighted by Crippen LogP contribution is 2.24. The molecule has 0 radical (unpaired) electrons. The zero-order valence-electron chi connectivity index (χ0n) is 11.2. The van der Waals surface area contributed by atoms with Crippen molar-refractivity contribution in [3.05, 3.63) is 30.0 Å². The van der Waals surface area contributed by atoms with Crippen molar-refractivity contribution in [2.24, 2.45) is 0 Å². The van der Waals surface area contributed by atoms with E-state index in [9.17, 15) is 4.79 Å². The van der Waals surface area contributed by atoms with Crippen molar-refractivity contribution in [1.29, 1.82) is 0 Å². The second-order valence-corrected chi connectivity index (χ2v) is 4.25. The summed E-state index contributed by atoms with van der Waals surface area (Å²) in [7, 11) is 1.62. The molecule has 0 amide bonds. The van der Waals surface area contributed by atoms with Crippen LogP contribution in [0.15, 0.2) is 24.3 Å². The number of carbonyl (C=O) groups excluding carboxylic acids is 1. The molecule has 0 atom stereocenters. The van der Waals surface area contributed by atoms with Gasteiger partial charge in [-0.25, -0.2) is 4.68 Å². The zero-order chi connectivity index (χ0) is 13.7. The molecular weight excluding hydrogens is 242 g/mol. The molecule has 5 nitrogen and oxygen atoms in total. The van der Waals surface area contributed by atoms with Gasteiger partial charge in [0.25, 0.3) is 0 Å². The van der Waals surface area contributed by atoms with Gasteiger partial charge >= 0.3 is 0 Å². The first-order valence-electron chi connectivity index (χ1n) is 6.33. The van der Waals surface area contributed by atoms with E-state index in [2.05, 4.69) is 17.2 Å². The molecule has 5 heteroatoms. The summed E-state index contributed by atoms with van der Waals surface area (Å²) in [6.07, 6.45) is 2.82. The van der Waals surface area contributed by atoms with Crippen LogP contribution < -0.4 is 4.74 Å². The van der Waals surface area contributed by atoms with Crippen molar-refractivity contribution in [3.8, 4) is 17.0 Å². The van der Waals surface area contributed by atoms with Crippen molar-refractivity contribution in [2.75, 3.05) is 7.11 Å². The highest BCUT2D eigenvalue weighted by molar-refractivity contribution is 5.83. The quantitative estimate of drug-likeness (QED) is 0.748. The lowest BCUT2D eigenvalue weighted by Crippen LogP contribution is -2.03. The maximum atomic E-state index is 11.1. The third kappa shape index (κ3) is 2.81. The maximum Gasteiger partial charge on any atom is 0.172 e. The van der Waals surface area contributed by atoms with Crippen LogP contribution in [0.5, 0.6) is 5.75 Å². The van der Waals surface area contributed by atoms with Gasteiger partial charge in [-0.05, 0) is 30.7 Å². The lowest BCUT2D eigenvalue weighted by atomic mass is 10.1. The molecule has 0 saturated heterocycles. The summed E-state index contributed by atoms with van der Waals surface area (Å²) in [5, 5.41) is 7.97. The van der Waals surface area contributed by atoms with E-state index in [0.717, 1.165) is 42.7 Å². The number of aromatic nitrogens is 3. The Morgan fingerprint density at radius 3 is 2.63 bits per heavy atom. The minimum atomic E-state index is 0.376. The van der Waals surface area contributed by atoms with Gasteiger partial charge in [-0.15, -0.1) is 5.10 Å². The van der Waals surface area contributed by atoms with Gasteiger partial charge in [0.1, 0.15) is 5.75 Å². The number of ether oxygens (including phenoxy) is 1. The van der Waals surface area contributed by atoms with Crippen LogP contribution in [-0.2, 0) is 6.54 Å². The largest absolute Gasteiger partial charge is 0.497 e. The molecule has 0 saturated carbocycles. The number of hydrogen-bond donors (Lipinski definition) is 0. The predicted octanol–water partition coefficient (Wildman–Crippen LogP) is 2.57. The van der Waals surface area contributed by atoms with Gasteiger partial charge in [0.05, 0.1) is 12.8 Å².